The van der Waals surface area contributed by atoms with Crippen LogP contribution in [0.15, 0.2) is 79.1 Å². The van der Waals surface area contributed by atoms with E-state index in [1.165, 1.54) is 12.0 Å². The molecular weight excluding hydrogens is 630 g/mol. The SMILES string of the molecule is O=C(CN1CN(c2ccccc2)C2(CCN(C(=O)[C@@H](Cc3ccncc3)NC(=O)[C@H]3Cc4ccccc4CN3)CC2)C1=O)NC1CCCCC1. The Morgan fingerprint density at radius 2 is 1.60 bits per heavy atom. The van der Waals surface area contributed by atoms with Crippen LogP contribution in [-0.4, -0.2) is 88.4 Å². The molecule has 3 aliphatic heterocycles. The molecule has 4 aliphatic rings. The van der Waals surface area contributed by atoms with E-state index >= 15 is 0 Å². The lowest BCUT2D eigenvalue weighted by Gasteiger charge is -2.44. The van der Waals surface area contributed by atoms with E-state index in [0.717, 1.165) is 42.5 Å². The number of amides is 4. The van der Waals surface area contributed by atoms with Crippen molar-refractivity contribution in [3.8, 4) is 0 Å². The number of carbonyl (C=O) groups is 4. The minimum absolute atomic E-state index is 0.0166. The molecule has 0 radical (unpaired) electrons. The number of rotatable bonds is 9. The summed E-state index contributed by atoms with van der Waals surface area (Å²) in [6.45, 7) is 1.63. The van der Waals surface area contributed by atoms with Crippen molar-refractivity contribution in [2.45, 2.75) is 88.0 Å². The van der Waals surface area contributed by atoms with Gasteiger partial charge in [0.25, 0.3) is 5.91 Å². The van der Waals surface area contributed by atoms with Crippen molar-refractivity contribution in [1.82, 2.24) is 30.7 Å². The van der Waals surface area contributed by atoms with Gasteiger partial charge in [0, 0.05) is 50.2 Å². The Kier molecular flexibility index (Phi) is 10.1. The Morgan fingerprint density at radius 1 is 0.900 bits per heavy atom. The smallest absolute Gasteiger partial charge is 0.250 e. The quantitative estimate of drug-likeness (QED) is 0.318. The van der Waals surface area contributed by atoms with Crippen LogP contribution in [0.4, 0.5) is 5.69 Å². The molecule has 1 spiro atoms. The van der Waals surface area contributed by atoms with Gasteiger partial charge in [0.2, 0.25) is 17.7 Å². The molecule has 4 heterocycles. The van der Waals surface area contributed by atoms with Crippen molar-refractivity contribution >= 4 is 29.3 Å². The largest absolute Gasteiger partial charge is 0.352 e. The molecule has 7 rings (SSSR count). The summed E-state index contributed by atoms with van der Waals surface area (Å²) < 4.78 is 0. The molecular formula is C39H47N7O4. The summed E-state index contributed by atoms with van der Waals surface area (Å²) in [5.74, 6) is -0.559. The molecule has 2 atom stereocenters. The van der Waals surface area contributed by atoms with Gasteiger partial charge >= 0.3 is 0 Å². The fourth-order valence-corrected chi connectivity index (χ4v) is 8.20. The highest BCUT2D eigenvalue weighted by molar-refractivity contribution is 5.97. The summed E-state index contributed by atoms with van der Waals surface area (Å²) in [6, 6.07) is 20.6. The number of hydrogen-bond donors (Lipinski definition) is 3. The number of nitrogens with one attached hydrogen (secondary N) is 3. The third-order valence-electron chi connectivity index (χ3n) is 11.0. The molecule has 4 amide bonds. The molecule has 3 fully saturated rings. The lowest BCUT2D eigenvalue weighted by Crippen LogP contribution is -2.60. The van der Waals surface area contributed by atoms with Crippen LogP contribution in [0.2, 0.25) is 0 Å². The number of benzene rings is 2. The minimum atomic E-state index is -0.869. The number of likely N-dealkylation sites (tertiary alicyclic amines) is 1. The van der Waals surface area contributed by atoms with Gasteiger partial charge in [-0.2, -0.15) is 0 Å². The maximum absolute atomic E-state index is 14.3. The maximum Gasteiger partial charge on any atom is 0.250 e. The Hall–Kier alpha value is -4.77. The summed E-state index contributed by atoms with van der Waals surface area (Å²) in [6.07, 6.45) is 10.5. The van der Waals surface area contributed by atoms with Crippen molar-refractivity contribution in [3.05, 3.63) is 95.8 Å². The van der Waals surface area contributed by atoms with Gasteiger partial charge < -0.3 is 30.7 Å². The Bertz CT molecular complexity index is 1670. The molecule has 0 bridgehead atoms. The summed E-state index contributed by atoms with van der Waals surface area (Å²) in [7, 11) is 0. The fourth-order valence-electron chi connectivity index (χ4n) is 8.20. The van der Waals surface area contributed by atoms with Crippen LogP contribution in [0.3, 0.4) is 0 Å². The second-order valence-corrected chi connectivity index (χ2v) is 14.2. The van der Waals surface area contributed by atoms with E-state index in [2.05, 4.69) is 31.9 Å². The lowest BCUT2D eigenvalue weighted by molar-refractivity contribution is -0.141. The van der Waals surface area contributed by atoms with Crippen LogP contribution in [0, 0.1) is 0 Å². The number of nitrogens with zero attached hydrogens (tertiary/aromatic N) is 4. The van der Waals surface area contributed by atoms with Gasteiger partial charge in [0.15, 0.2) is 0 Å². The minimum Gasteiger partial charge on any atom is -0.352 e. The summed E-state index contributed by atoms with van der Waals surface area (Å²) in [5, 5.41) is 9.59. The molecule has 3 N–H and O–H groups in total. The number of aromatic nitrogens is 1. The Balaban J connectivity index is 1.05. The van der Waals surface area contributed by atoms with Crippen LogP contribution in [-0.2, 0) is 38.6 Å². The molecule has 11 heteroatoms. The zero-order chi connectivity index (χ0) is 34.5. The molecule has 1 aromatic heterocycles. The van der Waals surface area contributed by atoms with E-state index in [1.54, 1.807) is 22.2 Å². The van der Waals surface area contributed by atoms with Gasteiger partial charge in [-0.1, -0.05) is 61.7 Å². The number of fused-ring (bicyclic) bond motifs is 1. The first kappa shape index (κ1) is 33.7. The molecule has 262 valence electrons. The predicted octanol–water partition coefficient (Wildman–Crippen LogP) is 2.94. The number of hydrogen-bond acceptors (Lipinski definition) is 7. The number of pyridine rings is 1. The van der Waals surface area contributed by atoms with E-state index in [1.807, 2.05) is 60.7 Å². The summed E-state index contributed by atoms with van der Waals surface area (Å²) in [4.78, 5) is 65.0. The second-order valence-electron chi connectivity index (χ2n) is 14.2. The van der Waals surface area contributed by atoms with Crippen molar-refractivity contribution in [2.24, 2.45) is 0 Å². The average molecular weight is 678 g/mol. The highest BCUT2D eigenvalue weighted by atomic mass is 16.2. The molecule has 1 aliphatic carbocycles. The van der Waals surface area contributed by atoms with Gasteiger partial charge in [-0.3, -0.25) is 24.2 Å². The van der Waals surface area contributed by atoms with E-state index in [4.69, 9.17) is 0 Å². The van der Waals surface area contributed by atoms with Gasteiger partial charge in [0.1, 0.15) is 18.1 Å². The van der Waals surface area contributed by atoms with Gasteiger partial charge in [-0.05, 0) is 73.1 Å². The lowest BCUT2D eigenvalue weighted by atomic mass is 9.85. The van der Waals surface area contributed by atoms with Crippen molar-refractivity contribution in [1.29, 1.82) is 0 Å². The fraction of sp³-hybridized carbons (Fsp3) is 0.462. The van der Waals surface area contributed by atoms with Crippen molar-refractivity contribution in [2.75, 3.05) is 31.2 Å². The zero-order valence-corrected chi connectivity index (χ0v) is 28.6. The van der Waals surface area contributed by atoms with Gasteiger partial charge in [-0.25, -0.2) is 0 Å². The molecule has 3 aromatic rings. The zero-order valence-electron chi connectivity index (χ0n) is 28.6. The van der Waals surface area contributed by atoms with E-state index in [-0.39, 0.29) is 36.2 Å². The molecule has 2 aromatic carbocycles. The first-order valence-corrected chi connectivity index (χ1v) is 18.1. The van der Waals surface area contributed by atoms with E-state index < -0.39 is 17.6 Å². The first-order chi connectivity index (χ1) is 24.4. The van der Waals surface area contributed by atoms with Crippen LogP contribution in [0.5, 0.6) is 0 Å². The number of carbonyl (C=O) groups excluding carboxylic acids is 4. The van der Waals surface area contributed by atoms with Crippen LogP contribution >= 0.6 is 0 Å². The highest BCUT2D eigenvalue weighted by Crippen LogP contribution is 2.39. The molecule has 11 nitrogen and oxygen atoms in total. The predicted molar refractivity (Wildman–Crippen MR) is 190 cm³/mol. The molecule has 2 saturated heterocycles. The number of piperidine rings is 1. The first-order valence-electron chi connectivity index (χ1n) is 18.1. The monoisotopic (exact) mass is 677 g/mol. The topological polar surface area (TPSA) is 127 Å². The highest BCUT2D eigenvalue weighted by Gasteiger charge is 2.54. The van der Waals surface area contributed by atoms with Crippen LogP contribution in [0.25, 0.3) is 0 Å². The number of para-hydroxylation sites is 1. The van der Waals surface area contributed by atoms with Gasteiger partial charge in [-0.15, -0.1) is 0 Å². The Morgan fingerprint density at radius 3 is 2.34 bits per heavy atom. The maximum atomic E-state index is 14.3. The summed E-state index contributed by atoms with van der Waals surface area (Å²) in [5.41, 5.74) is 3.26. The van der Waals surface area contributed by atoms with E-state index in [9.17, 15) is 19.2 Å². The molecule has 0 unspecified atom stereocenters. The third kappa shape index (κ3) is 7.23. The average Bonchev–Trinajstić information content (AvgIpc) is 3.41. The Labute approximate surface area is 293 Å². The van der Waals surface area contributed by atoms with E-state index in [0.29, 0.717) is 52.0 Å². The number of anilines is 1. The standard InChI is InChI=1S/C39H47N7O4/c47-35(42-31-11-3-1-4-12-31)26-45-27-46(32-13-5-2-6-14-32)39(38(45)50)17-21-44(22-18-39)37(49)34(23-28-15-19-40-20-16-28)43-36(48)33-24-29-9-7-8-10-30(29)25-41-33/h2,5-10,13-16,19-20,31,33-34,41H,1,3-4,11-12,17-18,21-27H2,(H,42,47)(H,43,48)/t33-,34-/m1/s1. The summed E-state index contributed by atoms with van der Waals surface area (Å²) >= 11 is 0. The molecule has 1 saturated carbocycles. The van der Waals surface area contributed by atoms with Crippen LogP contribution < -0.4 is 20.9 Å². The normalized spacial score (nSPS) is 21.1. The third-order valence-corrected chi connectivity index (χ3v) is 11.0. The van der Waals surface area contributed by atoms with Crippen LogP contribution in [0.1, 0.15) is 61.6 Å². The van der Waals surface area contributed by atoms with Gasteiger partial charge in [0.05, 0.1) is 12.7 Å². The second kappa shape index (κ2) is 15.0. The van der Waals surface area contributed by atoms with Crippen molar-refractivity contribution in [3.63, 3.8) is 0 Å². The van der Waals surface area contributed by atoms with Crippen molar-refractivity contribution < 1.29 is 19.2 Å². The molecule has 50 heavy (non-hydrogen) atoms.